The molecule has 1 aliphatic heterocycles. The fourth-order valence-electron chi connectivity index (χ4n) is 3.61. The minimum atomic E-state index is -4.42. The molecule has 0 radical (unpaired) electrons. The number of rotatable bonds is 2. The van der Waals surface area contributed by atoms with Gasteiger partial charge in [0.1, 0.15) is 5.69 Å². The highest BCUT2D eigenvalue weighted by atomic mass is 19.4. The monoisotopic (exact) mass is 296 g/mol. The second kappa shape index (κ2) is 4.19. The summed E-state index contributed by atoms with van der Waals surface area (Å²) in [6.07, 6.45) is 1.62. The molecule has 0 unspecified atom stereocenters. The van der Waals surface area contributed by atoms with Crippen LogP contribution in [0, 0.1) is 11.3 Å². The lowest BCUT2D eigenvalue weighted by atomic mass is 9.57. The maximum Gasteiger partial charge on any atom is 0.433 e. The van der Waals surface area contributed by atoms with Crippen molar-refractivity contribution in [1.29, 1.82) is 0 Å². The van der Waals surface area contributed by atoms with Crippen molar-refractivity contribution in [2.45, 2.75) is 25.4 Å². The Kier molecular flexibility index (Phi) is 2.61. The minimum absolute atomic E-state index is 0.331. The van der Waals surface area contributed by atoms with Crippen LogP contribution >= 0.6 is 0 Å². The third-order valence-corrected chi connectivity index (χ3v) is 4.68. The highest BCUT2D eigenvalue weighted by molar-refractivity contribution is 5.47. The van der Waals surface area contributed by atoms with E-state index in [1.807, 2.05) is 0 Å². The van der Waals surface area contributed by atoms with E-state index in [-0.39, 0.29) is 0 Å². The summed E-state index contributed by atoms with van der Waals surface area (Å²) in [5, 5.41) is 7.38. The zero-order valence-electron chi connectivity index (χ0n) is 11.3. The molecule has 1 spiro atoms. The van der Waals surface area contributed by atoms with Gasteiger partial charge >= 0.3 is 6.18 Å². The second-order valence-electron chi connectivity index (χ2n) is 6.33. The summed E-state index contributed by atoms with van der Waals surface area (Å²) >= 11 is 0. The number of nitrogens with one attached hydrogen (secondary N) is 1. The maximum absolute atomic E-state index is 12.7. The second-order valence-corrected chi connectivity index (χ2v) is 6.33. The van der Waals surface area contributed by atoms with E-state index in [4.69, 9.17) is 0 Å². The molecular formula is C14H15F3N4. The Bertz CT molecular complexity index is 679. The Morgan fingerprint density at radius 3 is 2.71 bits per heavy atom. The van der Waals surface area contributed by atoms with E-state index >= 15 is 0 Å². The topological polar surface area (TPSA) is 42.2 Å². The molecule has 0 aromatic carbocycles. The lowest BCUT2D eigenvalue weighted by Gasteiger charge is -2.54. The first-order valence-electron chi connectivity index (χ1n) is 7.06. The van der Waals surface area contributed by atoms with Gasteiger partial charge in [0, 0.05) is 24.8 Å². The van der Waals surface area contributed by atoms with Crippen LogP contribution in [0.15, 0.2) is 18.5 Å². The van der Waals surface area contributed by atoms with E-state index in [0.29, 0.717) is 17.0 Å². The lowest BCUT2D eigenvalue weighted by molar-refractivity contribution is -0.141. The van der Waals surface area contributed by atoms with Crippen molar-refractivity contribution in [2.24, 2.45) is 11.3 Å². The van der Waals surface area contributed by atoms with Crippen molar-refractivity contribution in [1.82, 2.24) is 19.9 Å². The van der Waals surface area contributed by atoms with Crippen molar-refractivity contribution < 1.29 is 13.2 Å². The molecule has 2 fully saturated rings. The molecule has 3 heterocycles. The summed E-state index contributed by atoms with van der Waals surface area (Å²) in [7, 11) is 0. The van der Waals surface area contributed by atoms with E-state index in [1.54, 1.807) is 6.20 Å². The normalized spacial score (nSPS) is 21.5. The fourth-order valence-corrected chi connectivity index (χ4v) is 3.61. The molecule has 112 valence electrons. The highest BCUT2D eigenvalue weighted by Crippen LogP contribution is 2.49. The maximum atomic E-state index is 12.7. The van der Waals surface area contributed by atoms with Gasteiger partial charge in [0.05, 0.1) is 6.20 Å². The molecule has 1 saturated heterocycles. The third kappa shape index (κ3) is 2.10. The molecule has 1 aliphatic carbocycles. The molecule has 0 bridgehead atoms. The van der Waals surface area contributed by atoms with Gasteiger partial charge in [-0.05, 0) is 36.7 Å². The van der Waals surface area contributed by atoms with Gasteiger partial charge in [-0.25, -0.2) is 9.50 Å². The zero-order valence-corrected chi connectivity index (χ0v) is 11.3. The van der Waals surface area contributed by atoms with E-state index in [9.17, 15) is 13.2 Å². The van der Waals surface area contributed by atoms with Crippen LogP contribution in [0.3, 0.4) is 0 Å². The number of fused-ring (bicyclic) bond motifs is 1. The highest BCUT2D eigenvalue weighted by Gasteiger charge is 2.48. The van der Waals surface area contributed by atoms with Crippen molar-refractivity contribution in [3.8, 4) is 0 Å². The molecule has 2 aliphatic rings. The number of hydrogen-bond acceptors (Lipinski definition) is 3. The van der Waals surface area contributed by atoms with Crippen molar-refractivity contribution in [3.05, 3.63) is 29.7 Å². The summed E-state index contributed by atoms with van der Waals surface area (Å²) in [6, 6.07) is 0.960. The summed E-state index contributed by atoms with van der Waals surface area (Å²) in [6.45, 7) is 2.16. The van der Waals surface area contributed by atoms with Crippen molar-refractivity contribution >= 4 is 5.65 Å². The summed E-state index contributed by atoms with van der Waals surface area (Å²) in [4.78, 5) is 3.75. The predicted octanol–water partition coefficient (Wildman–Crippen LogP) is 2.29. The zero-order chi connectivity index (χ0) is 14.7. The predicted molar refractivity (Wildman–Crippen MR) is 69.7 cm³/mol. The Labute approximate surface area is 119 Å². The Balaban J connectivity index is 1.57. The first-order chi connectivity index (χ1) is 9.95. The van der Waals surface area contributed by atoms with Gasteiger partial charge in [-0.2, -0.15) is 18.3 Å². The molecule has 1 N–H and O–H groups in total. The molecule has 7 heteroatoms. The van der Waals surface area contributed by atoms with Gasteiger partial charge in [0.2, 0.25) is 0 Å². The van der Waals surface area contributed by atoms with E-state index < -0.39 is 11.9 Å². The fraction of sp³-hybridized carbons (Fsp3) is 0.571. The number of hydrogen-bond donors (Lipinski definition) is 1. The minimum Gasteiger partial charge on any atom is -0.316 e. The molecular weight excluding hydrogens is 281 g/mol. The van der Waals surface area contributed by atoms with Gasteiger partial charge in [-0.3, -0.25) is 0 Å². The molecule has 1 saturated carbocycles. The molecule has 2 aromatic heterocycles. The van der Waals surface area contributed by atoms with Gasteiger partial charge in [-0.1, -0.05) is 0 Å². The van der Waals surface area contributed by atoms with E-state index in [1.165, 1.54) is 10.7 Å². The number of alkyl halides is 3. The average Bonchev–Trinajstić information content (AvgIpc) is 2.72. The molecule has 0 amide bonds. The summed E-state index contributed by atoms with van der Waals surface area (Å²) in [5.74, 6) is 0.538. The van der Waals surface area contributed by atoms with Crippen LogP contribution in [0.5, 0.6) is 0 Å². The number of halogens is 3. The van der Waals surface area contributed by atoms with Crippen LogP contribution in [-0.4, -0.2) is 27.7 Å². The van der Waals surface area contributed by atoms with Crippen molar-refractivity contribution in [2.75, 3.05) is 13.1 Å². The van der Waals surface area contributed by atoms with Gasteiger partial charge in [-0.15, -0.1) is 0 Å². The molecule has 2 aromatic rings. The van der Waals surface area contributed by atoms with E-state index in [0.717, 1.165) is 44.0 Å². The van der Waals surface area contributed by atoms with Gasteiger partial charge in [0.15, 0.2) is 5.65 Å². The Morgan fingerprint density at radius 1 is 1.33 bits per heavy atom. The summed E-state index contributed by atoms with van der Waals surface area (Å²) < 4.78 is 39.7. The Hall–Kier alpha value is -1.63. The van der Waals surface area contributed by atoms with Crippen molar-refractivity contribution in [3.63, 3.8) is 0 Å². The molecule has 4 nitrogen and oxygen atoms in total. The first-order valence-corrected chi connectivity index (χ1v) is 7.06. The largest absolute Gasteiger partial charge is 0.433 e. The third-order valence-electron chi connectivity index (χ3n) is 4.68. The van der Waals surface area contributed by atoms with Crippen LogP contribution in [0.25, 0.3) is 5.65 Å². The molecule has 21 heavy (non-hydrogen) atoms. The van der Waals surface area contributed by atoms with Crippen LogP contribution < -0.4 is 5.32 Å². The van der Waals surface area contributed by atoms with E-state index in [2.05, 4.69) is 15.4 Å². The van der Waals surface area contributed by atoms with Gasteiger partial charge in [0.25, 0.3) is 0 Å². The van der Waals surface area contributed by atoms with Crippen LogP contribution in [0.1, 0.15) is 24.1 Å². The number of aromatic nitrogens is 3. The van der Waals surface area contributed by atoms with Gasteiger partial charge < -0.3 is 5.32 Å². The van der Waals surface area contributed by atoms with Crippen LogP contribution in [0.4, 0.5) is 13.2 Å². The summed E-state index contributed by atoms with van der Waals surface area (Å²) in [5.41, 5.74) is 0.758. The van der Waals surface area contributed by atoms with Crippen LogP contribution in [0.2, 0.25) is 0 Å². The first kappa shape index (κ1) is 13.1. The smallest absolute Gasteiger partial charge is 0.316 e. The quantitative estimate of drug-likeness (QED) is 0.924. The average molecular weight is 296 g/mol. The van der Waals surface area contributed by atoms with Crippen LogP contribution in [-0.2, 0) is 12.6 Å². The lowest BCUT2D eigenvalue weighted by Crippen LogP contribution is -2.60. The SMILES string of the molecule is FC(F)(F)c1ccn2ncc(CC3CC4(CNC4)C3)c2n1. The molecule has 4 rings (SSSR count). The molecule has 0 atom stereocenters. The number of nitrogens with zero attached hydrogens (tertiary/aromatic N) is 3. The standard InChI is InChI=1S/C14H15F3N4/c15-14(16,17)11-1-2-21-12(20-11)10(6-19-21)3-9-4-13(5-9)7-18-8-13/h1-2,6,9,18H,3-5,7-8H2. The Morgan fingerprint density at radius 2 is 2.10 bits per heavy atom.